The maximum Gasteiger partial charge on any atom is 0.0972 e. The van der Waals surface area contributed by atoms with Gasteiger partial charge in [0.25, 0.3) is 0 Å². The van der Waals surface area contributed by atoms with E-state index in [0.717, 1.165) is 36.6 Å². The molecule has 0 aliphatic carbocycles. The Morgan fingerprint density at radius 2 is 1.79 bits per heavy atom. The summed E-state index contributed by atoms with van der Waals surface area (Å²) in [7, 11) is 0. The van der Waals surface area contributed by atoms with E-state index in [1.807, 2.05) is 28.9 Å². The Morgan fingerprint density at radius 1 is 1.04 bits per heavy atom. The van der Waals surface area contributed by atoms with Crippen LogP contribution in [0.4, 0.5) is 0 Å². The first-order chi connectivity index (χ1) is 11.9. The van der Waals surface area contributed by atoms with Crippen molar-refractivity contribution < 1.29 is 0 Å². The number of nitrogens with one attached hydrogen (secondary N) is 2. The minimum atomic E-state index is 0.550. The van der Waals surface area contributed by atoms with Gasteiger partial charge in [-0.3, -0.25) is 0 Å². The van der Waals surface area contributed by atoms with Gasteiger partial charge in [-0.15, -0.1) is 0 Å². The van der Waals surface area contributed by atoms with Crippen LogP contribution in [0, 0.1) is 0 Å². The quantitative estimate of drug-likeness (QED) is 0.760. The predicted octanol–water partition coefficient (Wildman–Crippen LogP) is 2.99. The van der Waals surface area contributed by atoms with Crippen molar-refractivity contribution in [3.05, 3.63) is 72.4 Å². The van der Waals surface area contributed by atoms with Crippen molar-refractivity contribution in [3.63, 3.8) is 0 Å². The van der Waals surface area contributed by atoms with Crippen molar-refractivity contribution in [1.82, 2.24) is 20.4 Å². The van der Waals surface area contributed by atoms with Crippen LogP contribution in [0.25, 0.3) is 16.9 Å². The average molecular weight is 318 g/mol. The highest BCUT2D eigenvalue weighted by molar-refractivity contribution is 5.63. The molecule has 0 amide bonds. The summed E-state index contributed by atoms with van der Waals surface area (Å²) >= 11 is 0. The summed E-state index contributed by atoms with van der Waals surface area (Å²) < 4.78 is 1.98. The first-order valence-electron chi connectivity index (χ1n) is 8.53. The lowest BCUT2D eigenvalue weighted by Gasteiger charge is -2.10. The SMILES string of the molecule is c1ccc(-c2nn(-c3ccccc3)cc2CNC2CCNC2)cc1. The number of hydrogen-bond donors (Lipinski definition) is 2. The molecule has 0 saturated carbocycles. The molecule has 0 spiro atoms. The van der Waals surface area contributed by atoms with Crippen LogP contribution in [0.2, 0.25) is 0 Å². The Hall–Kier alpha value is -2.43. The molecule has 24 heavy (non-hydrogen) atoms. The summed E-state index contributed by atoms with van der Waals surface area (Å²) in [5.41, 5.74) is 4.53. The van der Waals surface area contributed by atoms with Crippen molar-refractivity contribution in [3.8, 4) is 16.9 Å². The van der Waals surface area contributed by atoms with Crippen LogP contribution < -0.4 is 10.6 Å². The Balaban J connectivity index is 1.65. The van der Waals surface area contributed by atoms with Crippen LogP contribution in [-0.2, 0) is 6.54 Å². The van der Waals surface area contributed by atoms with E-state index in [2.05, 4.69) is 53.2 Å². The van der Waals surface area contributed by atoms with Crippen molar-refractivity contribution >= 4 is 0 Å². The smallest absolute Gasteiger partial charge is 0.0972 e. The molecule has 4 rings (SSSR count). The van der Waals surface area contributed by atoms with Crippen molar-refractivity contribution in [2.24, 2.45) is 0 Å². The Bertz CT molecular complexity index is 774. The Kier molecular flexibility index (Phi) is 4.40. The van der Waals surface area contributed by atoms with Crippen molar-refractivity contribution in [2.75, 3.05) is 13.1 Å². The third-order valence-electron chi connectivity index (χ3n) is 4.50. The van der Waals surface area contributed by atoms with Crippen LogP contribution in [0.15, 0.2) is 66.9 Å². The molecule has 3 aromatic rings. The second-order valence-corrected chi connectivity index (χ2v) is 6.22. The van der Waals surface area contributed by atoms with Gasteiger partial charge in [0.1, 0.15) is 0 Å². The first-order valence-corrected chi connectivity index (χ1v) is 8.53. The molecule has 4 nitrogen and oxygen atoms in total. The van der Waals surface area contributed by atoms with E-state index >= 15 is 0 Å². The average Bonchev–Trinajstić information content (AvgIpc) is 3.31. The van der Waals surface area contributed by atoms with Gasteiger partial charge in [-0.2, -0.15) is 5.10 Å². The molecule has 1 atom stereocenters. The molecular formula is C20H22N4. The topological polar surface area (TPSA) is 41.9 Å². The van der Waals surface area contributed by atoms with Gasteiger partial charge in [-0.25, -0.2) is 4.68 Å². The minimum Gasteiger partial charge on any atom is -0.315 e. The fourth-order valence-corrected chi connectivity index (χ4v) is 3.17. The number of aromatic nitrogens is 2. The lowest BCUT2D eigenvalue weighted by atomic mass is 10.1. The van der Waals surface area contributed by atoms with Crippen LogP contribution in [-0.4, -0.2) is 28.9 Å². The predicted molar refractivity (Wildman–Crippen MR) is 97.1 cm³/mol. The molecule has 1 unspecified atom stereocenters. The number of rotatable bonds is 5. The molecule has 0 radical (unpaired) electrons. The standard InChI is InChI=1S/C20H22N4/c1-3-7-16(8-4-1)20-17(13-22-18-11-12-21-14-18)15-24(23-20)19-9-5-2-6-10-19/h1-10,15,18,21-22H,11-14H2. The monoisotopic (exact) mass is 318 g/mol. The van der Waals surface area contributed by atoms with Gasteiger partial charge in [0, 0.05) is 36.5 Å². The molecule has 0 bridgehead atoms. The number of benzene rings is 2. The molecule has 2 aromatic carbocycles. The molecular weight excluding hydrogens is 296 g/mol. The largest absolute Gasteiger partial charge is 0.315 e. The zero-order valence-electron chi connectivity index (χ0n) is 13.7. The molecule has 1 aliphatic rings. The molecule has 122 valence electrons. The first kappa shape index (κ1) is 15.1. The van der Waals surface area contributed by atoms with E-state index < -0.39 is 0 Å². The number of nitrogens with zero attached hydrogens (tertiary/aromatic N) is 2. The zero-order chi connectivity index (χ0) is 16.2. The highest BCUT2D eigenvalue weighted by atomic mass is 15.3. The highest BCUT2D eigenvalue weighted by Crippen LogP contribution is 2.23. The summed E-state index contributed by atoms with van der Waals surface area (Å²) in [5, 5.41) is 11.9. The van der Waals surface area contributed by atoms with E-state index in [-0.39, 0.29) is 0 Å². The maximum absolute atomic E-state index is 4.86. The van der Waals surface area contributed by atoms with Crippen LogP contribution in [0.3, 0.4) is 0 Å². The van der Waals surface area contributed by atoms with E-state index in [1.165, 1.54) is 12.0 Å². The van der Waals surface area contributed by atoms with Gasteiger partial charge in [0.05, 0.1) is 11.4 Å². The highest BCUT2D eigenvalue weighted by Gasteiger charge is 2.16. The van der Waals surface area contributed by atoms with Crippen LogP contribution >= 0.6 is 0 Å². The van der Waals surface area contributed by atoms with Gasteiger partial charge >= 0.3 is 0 Å². The van der Waals surface area contributed by atoms with E-state index in [9.17, 15) is 0 Å². The molecule has 1 fully saturated rings. The fourth-order valence-electron chi connectivity index (χ4n) is 3.17. The number of hydrogen-bond acceptors (Lipinski definition) is 3. The summed E-state index contributed by atoms with van der Waals surface area (Å²) in [6.07, 6.45) is 3.33. The second kappa shape index (κ2) is 6.99. The molecule has 1 saturated heterocycles. The molecule has 4 heteroatoms. The van der Waals surface area contributed by atoms with E-state index in [0.29, 0.717) is 6.04 Å². The van der Waals surface area contributed by atoms with E-state index in [1.54, 1.807) is 0 Å². The molecule has 2 N–H and O–H groups in total. The van der Waals surface area contributed by atoms with Gasteiger partial charge < -0.3 is 10.6 Å². The van der Waals surface area contributed by atoms with Crippen molar-refractivity contribution in [2.45, 2.75) is 19.0 Å². The van der Waals surface area contributed by atoms with E-state index in [4.69, 9.17) is 5.10 Å². The van der Waals surface area contributed by atoms with Gasteiger partial charge in [0.2, 0.25) is 0 Å². The van der Waals surface area contributed by atoms with Crippen LogP contribution in [0.5, 0.6) is 0 Å². The lowest BCUT2D eigenvalue weighted by Crippen LogP contribution is -2.30. The summed E-state index contributed by atoms with van der Waals surface area (Å²) in [6.45, 7) is 2.99. The third-order valence-corrected chi connectivity index (χ3v) is 4.50. The molecule has 1 aliphatic heterocycles. The minimum absolute atomic E-state index is 0.550. The summed E-state index contributed by atoms with van der Waals surface area (Å²) in [4.78, 5) is 0. The fraction of sp³-hybridized carbons (Fsp3) is 0.250. The van der Waals surface area contributed by atoms with Crippen molar-refractivity contribution in [1.29, 1.82) is 0 Å². The molecule has 1 aromatic heterocycles. The van der Waals surface area contributed by atoms with Gasteiger partial charge in [-0.05, 0) is 25.1 Å². The Morgan fingerprint density at radius 3 is 2.50 bits per heavy atom. The zero-order valence-corrected chi connectivity index (χ0v) is 13.7. The Labute approximate surface area is 142 Å². The van der Waals surface area contributed by atoms with Gasteiger partial charge in [0.15, 0.2) is 0 Å². The second-order valence-electron chi connectivity index (χ2n) is 6.22. The normalized spacial score (nSPS) is 17.2. The molecule has 2 heterocycles. The lowest BCUT2D eigenvalue weighted by molar-refractivity contribution is 0.548. The van der Waals surface area contributed by atoms with Gasteiger partial charge in [-0.1, -0.05) is 48.5 Å². The maximum atomic E-state index is 4.86. The summed E-state index contributed by atoms with van der Waals surface area (Å²) in [5.74, 6) is 0. The van der Waals surface area contributed by atoms with Crippen LogP contribution in [0.1, 0.15) is 12.0 Å². The number of para-hydroxylation sites is 1. The third kappa shape index (κ3) is 3.25. The summed E-state index contributed by atoms with van der Waals surface area (Å²) in [6, 6.07) is 21.2.